The van der Waals surface area contributed by atoms with E-state index in [0.29, 0.717) is 18.5 Å². The van der Waals surface area contributed by atoms with E-state index < -0.39 is 0 Å². The fourth-order valence-electron chi connectivity index (χ4n) is 3.12. The molecule has 1 atom stereocenters. The maximum Gasteiger partial charge on any atom is 0.228 e. The van der Waals surface area contributed by atoms with E-state index in [-0.39, 0.29) is 0 Å². The van der Waals surface area contributed by atoms with Gasteiger partial charge in [-0.25, -0.2) is 4.98 Å². The number of nitrogens with zero attached hydrogens (tertiary/aromatic N) is 4. The summed E-state index contributed by atoms with van der Waals surface area (Å²) in [6.45, 7) is 4.51. The second kappa shape index (κ2) is 8.36. The number of hydrogen-bond donors (Lipinski definition) is 0. The minimum absolute atomic E-state index is 0.480. The van der Waals surface area contributed by atoms with Crippen LogP contribution in [0.3, 0.4) is 0 Å². The van der Waals surface area contributed by atoms with E-state index in [4.69, 9.17) is 14.5 Å². The molecule has 140 valence electrons. The number of hydrogen-bond acceptors (Lipinski definition) is 6. The fraction of sp³-hybridized carbons (Fsp3) is 0.500. The lowest BCUT2D eigenvalue weighted by Gasteiger charge is -2.21. The molecule has 1 unspecified atom stereocenters. The summed E-state index contributed by atoms with van der Waals surface area (Å²) >= 11 is 0. The van der Waals surface area contributed by atoms with Crippen LogP contribution in [0.5, 0.6) is 11.6 Å². The van der Waals surface area contributed by atoms with Crippen LogP contribution in [0.1, 0.15) is 24.5 Å². The second-order valence-electron chi connectivity index (χ2n) is 6.84. The smallest absolute Gasteiger partial charge is 0.228 e. The van der Waals surface area contributed by atoms with Crippen LogP contribution in [0, 0.1) is 0 Å². The number of methoxy groups -OCH3 is 1. The van der Waals surface area contributed by atoms with E-state index >= 15 is 0 Å². The highest BCUT2D eigenvalue weighted by Gasteiger charge is 2.26. The van der Waals surface area contributed by atoms with Crippen molar-refractivity contribution in [2.45, 2.75) is 32.4 Å². The van der Waals surface area contributed by atoms with Crippen molar-refractivity contribution in [2.24, 2.45) is 0 Å². The summed E-state index contributed by atoms with van der Waals surface area (Å²) in [5.41, 5.74) is 2.12. The van der Waals surface area contributed by atoms with Crippen molar-refractivity contribution in [3.05, 3.63) is 41.6 Å². The molecule has 0 N–H and O–H groups in total. The zero-order valence-electron chi connectivity index (χ0n) is 16.1. The predicted octanol–water partition coefficient (Wildman–Crippen LogP) is 2.77. The Morgan fingerprint density at radius 1 is 1.23 bits per heavy atom. The number of benzene rings is 1. The summed E-state index contributed by atoms with van der Waals surface area (Å²) in [6.07, 6.45) is 3.88. The molecule has 1 fully saturated rings. The van der Waals surface area contributed by atoms with Gasteiger partial charge in [-0.3, -0.25) is 0 Å². The van der Waals surface area contributed by atoms with Crippen molar-refractivity contribution in [1.82, 2.24) is 14.9 Å². The molecule has 0 saturated carbocycles. The Kier molecular flexibility index (Phi) is 5.93. The molecule has 0 bridgehead atoms. The van der Waals surface area contributed by atoms with Crippen LogP contribution in [0.2, 0.25) is 0 Å². The molecule has 2 aromatic rings. The van der Waals surface area contributed by atoms with E-state index in [9.17, 15) is 0 Å². The maximum absolute atomic E-state index is 6.03. The number of aryl methyl sites for hydroxylation is 1. The second-order valence-corrected chi connectivity index (χ2v) is 6.84. The Morgan fingerprint density at radius 3 is 2.62 bits per heavy atom. The molecular formula is C20H28N4O2. The number of likely N-dealkylation sites (N-methyl/N-ethyl adjacent to an activating group) is 1. The van der Waals surface area contributed by atoms with Gasteiger partial charge in [0.15, 0.2) is 0 Å². The van der Waals surface area contributed by atoms with Crippen molar-refractivity contribution >= 4 is 5.95 Å². The van der Waals surface area contributed by atoms with Crippen LogP contribution < -0.4 is 14.4 Å². The number of ether oxygens (including phenoxy) is 2. The monoisotopic (exact) mass is 356 g/mol. The lowest BCUT2D eigenvalue weighted by molar-refractivity contribution is 0.289. The molecule has 0 aliphatic carbocycles. The van der Waals surface area contributed by atoms with Crippen LogP contribution in [0.25, 0.3) is 0 Å². The summed E-state index contributed by atoms with van der Waals surface area (Å²) in [7, 11) is 5.91. The third-order valence-electron chi connectivity index (χ3n) is 4.90. The molecule has 6 nitrogen and oxygen atoms in total. The van der Waals surface area contributed by atoms with Crippen molar-refractivity contribution in [3.8, 4) is 11.6 Å². The van der Waals surface area contributed by atoms with Gasteiger partial charge in [-0.15, -0.1) is 0 Å². The van der Waals surface area contributed by atoms with Gasteiger partial charge in [-0.05, 0) is 44.6 Å². The number of aromatic nitrogens is 2. The molecule has 1 aromatic heterocycles. The molecule has 26 heavy (non-hydrogen) atoms. The first-order valence-corrected chi connectivity index (χ1v) is 9.13. The van der Waals surface area contributed by atoms with E-state index in [2.05, 4.69) is 35.8 Å². The van der Waals surface area contributed by atoms with Gasteiger partial charge in [0.1, 0.15) is 12.4 Å². The highest BCUT2D eigenvalue weighted by molar-refractivity contribution is 5.38. The Bertz CT molecular complexity index is 718. The summed E-state index contributed by atoms with van der Waals surface area (Å²) in [6, 6.07) is 8.45. The average Bonchev–Trinajstić information content (AvgIpc) is 3.17. The minimum atomic E-state index is 0.480. The molecule has 1 aromatic carbocycles. The Hall–Kier alpha value is -2.34. The molecule has 6 heteroatoms. The maximum atomic E-state index is 6.03. The summed E-state index contributed by atoms with van der Waals surface area (Å²) in [4.78, 5) is 13.8. The number of rotatable bonds is 7. The van der Waals surface area contributed by atoms with Crippen molar-refractivity contribution in [2.75, 3.05) is 39.2 Å². The van der Waals surface area contributed by atoms with E-state index in [1.165, 1.54) is 0 Å². The number of anilines is 1. The lowest BCUT2D eigenvalue weighted by Crippen LogP contribution is -2.32. The third-order valence-corrected chi connectivity index (χ3v) is 4.90. The zero-order valence-corrected chi connectivity index (χ0v) is 16.1. The molecule has 1 aliphatic rings. The lowest BCUT2D eigenvalue weighted by atomic mass is 10.2. The first-order chi connectivity index (χ1) is 12.6. The normalized spacial score (nSPS) is 17.0. The van der Waals surface area contributed by atoms with E-state index in [0.717, 1.165) is 48.8 Å². The molecule has 1 saturated heterocycles. The van der Waals surface area contributed by atoms with Crippen molar-refractivity contribution in [1.29, 1.82) is 0 Å². The zero-order chi connectivity index (χ0) is 18.5. The molecule has 0 spiro atoms. The molecule has 3 rings (SSSR count). The standard InChI is InChI=1S/C20H28N4O2/c1-5-16-12-21-20(24-11-10-17(13-24)23(2)3)22-19(16)26-14-15-6-8-18(25-4)9-7-15/h6-9,12,17H,5,10-11,13-14H2,1-4H3. The summed E-state index contributed by atoms with van der Waals surface area (Å²) in [5.74, 6) is 2.29. The van der Waals surface area contributed by atoms with Gasteiger partial charge in [0.05, 0.1) is 7.11 Å². The Labute approximate surface area is 155 Å². The van der Waals surface area contributed by atoms with Gasteiger partial charge in [-0.2, -0.15) is 4.98 Å². The molecular weight excluding hydrogens is 328 g/mol. The molecule has 0 radical (unpaired) electrons. The van der Waals surface area contributed by atoms with Gasteiger partial charge in [-0.1, -0.05) is 19.1 Å². The fourth-order valence-corrected chi connectivity index (χ4v) is 3.12. The highest BCUT2D eigenvalue weighted by Crippen LogP contribution is 2.24. The summed E-state index contributed by atoms with van der Waals surface area (Å²) < 4.78 is 11.2. The SMILES string of the molecule is CCc1cnc(N2CCC(N(C)C)C2)nc1OCc1ccc(OC)cc1. The van der Waals surface area contributed by atoms with Gasteiger partial charge in [0.25, 0.3) is 0 Å². The van der Waals surface area contributed by atoms with E-state index in [1.54, 1.807) is 7.11 Å². The predicted molar refractivity (Wildman–Crippen MR) is 103 cm³/mol. The van der Waals surface area contributed by atoms with E-state index in [1.807, 2.05) is 30.5 Å². The van der Waals surface area contributed by atoms with Crippen LogP contribution in [-0.4, -0.2) is 55.2 Å². The minimum Gasteiger partial charge on any atom is -0.497 e. The topological polar surface area (TPSA) is 50.7 Å². The largest absolute Gasteiger partial charge is 0.497 e. The highest BCUT2D eigenvalue weighted by atomic mass is 16.5. The average molecular weight is 356 g/mol. The van der Waals surface area contributed by atoms with Crippen LogP contribution >= 0.6 is 0 Å². The Morgan fingerprint density at radius 2 is 2.00 bits per heavy atom. The molecule has 0 amide bonds. The van der Waals surface area contributed by atoms with Gasteiger partial charge >= 0.3 is 0 Å². The quantitative estimate of drug-likeness (QED) is 0.760. The first kappa shape index (κ1) is 18.5. The third kappa shape index (κ3) is 4.25. The van der Waals surface area contributed by atoms with Gasteiger partial charge in [0, 0.05) is 30.9 Å². The van der Waals surface area contributed by atoms with Crippen molar-refractivity contribution < 1.29 is 9.47 Å². The Balaban J connectivity index is 1.71. The van der Waals surface area contributed by atoms with Gasteiger partial charge < -0.3 is 19.3 Å². The summed E-state index contributed by atoms with van der Waals surface area (Å²) in [5, 5.41) is 0. The first-order valence-electron chi connectivity index (χ1n) is 9.13. The van der Waals surface area contributed by atoms with Crippen molar-refractivity contribution in [3.63, 3.8) is 0 Å². The van der Waals surface area contributed by atoms with Crippen LogP contribution in [0.15, 0.2) is 30.5 Å². The van der Waals surface area contributed by atoms with Crippen LogP contribution in [0.4, 0.5) is 5.95 Å². The molecule has 1 aliphatic heterocycles. The van der Waals surface area contributed by atoms with Crippen LogP contribution in [-0.2, 0) is 13.0 Å². The van der Waals surface area contributed by atoms with Gasteiger partial charge in [0.2, 0.25) is 11.8 Å². The molecule has 2 heterocycles.